The molecule has 2 aromatic heterocycles. The van der Waals surface area contributed by atoms with E-state index >= 15 is 0 Å². The molecule has 0 saturated carbocycles. The van der Waals surface area contributed by atoms with Crippen LogP contribution >= 0.6 is 0 Å². The van der Waals surface area contributed by atoms with Crippen LogP contribution < -0.4 is 5.32 Å². The zero-order valence-electron chi connectivity index (χ0n) is 13.1. The van der Waals surface area contributed by atoms with Crippen molar-refractivity contribution in [3.63, 3.8) is 0 Å². The van der Waals surface area contributed by atoms with E-state index in [4.69, 9.17) is 0 Å². The predicted octanol–water partition coefficient (Wildman–Crippen LogP) is 2.34. The van der Waals surface area contributed by atoms with E-state index < -0.39 is 0 Å². The molecule has 0 bridgehead atoms. The lowest BCUT2D eigenvalue weighted by molar-refractivity contribution is 0.365. The first-order valence-corrected chi connectivity index (χ1v) is 7.51. The first-order chi connectivity index (χ1) is 11.1. The Morgan fingerprint density at radius 3 is 2.78 bits per heavy atom. The summed E-state index contributed by atoms with van der Waals surface area (Å²) in [6.45, 7) is 4.77. The summed E-state index contributed by atoms with van der Waals surface area (Å²) in [6.07, 6.45) is 6.56. The van der Waals surface area contributed by atoms with Gasteiger partial charge in [0.25, 0.3) is 0 Å². The Labute approximate surface area is 134 Å². The van der Waals surface area contributed by atoms with E-state index in [0.29, 0.717) is 12.2 Å². The minimum absolute atomic E-state index is 0.202. The van der Waals surface area contributed by atoms with Crippen molar-refractivity contribution in [3.8, 4) is 5.69 Å². The smallest absolute Gasteiger partial charge is 0.149 e. The normalized spacial score (nSPS) is 13.9. The molecule has 120 valence electrons. The average molecular weight is 314 g/mol. The number of nitrogens with one attached hydrogen (secondary N) is 1. The standard InChI is InChI=1S/C16H19FN6/c1-12(13(2)22-7-3-6-20-22)19-9-14-4-5-16(15(17)8-14)23-11-18-10-21-23/h3-8,10-13,19H,9H2,1-2H3/t12-,13-/m1/s1. The summed E-state index contributed by atoms with van der Waals surface area (Å²) in [6, 6.07) is 7.44. The van der Waals surface area contributed by atoms with Gasteiger partial charge in [0, 0.05) is 25.0 Å². The molecule has 0 aliphatic rings. The molecule has 0 saturated heterocycles. The van der Waals surface area contributed by atoms with Gasteiger partial charge in [-0.15, -0.1) is 0 Å². The van der Waals surface area contributed by atoms with Gasteiger partial charge in [0.05, 0.1) is 6.04 Å². The third-order valence-electron chi connectivity index (χ3n) is 3.97. The largest absolute Gasteiger partial charge is 0.308 e. The lowest BCUT2D eigenvalue weighted by atomic mass is 10.1. The van der Waals surface area contributed by atoms with Crippen molar-refractivity contribution in [2.45, 2.75) is 32.5 Å². The Bertz CT molecular complexity index is 738. The van der Waals surface area contributed by atoms with Gasteiger partial charge in [0.15, 0.2) is 0 Å². The highest BCUT2D eigenvalue weighted by molar-refractivity contribution is 5.35. The van der Waals surface area contributed by atoms with Crippen LogP contribution in [0.25, 0.3) is 5.69 Å². The molecule has 0 aliphatic heterocycles. The number of hydrogen-bond acceptors (Lipinski definition) is 4. The number of nitrogens with zero attached hydrogens (tertiary/aromatic N) is 5. The van der Waals surface area contributed by atoms with Crippen molar-refractivity contribution in [2.75, 3.05) is 0 Å². The fourth-order valence-electron chi connectivity index (χ4n) is 2.38. The summed E-state index contributed by atoms with van der Waals surface area (Å²) in [7, 11) is 0. The Balaban J connectivity index is 1.63. The van der Waals surface area contributed by atoms with Gasteiger partial charge in [-0.3, -0.25) is 4.68 Å². The van der Waals surface area contributed by atoms with Gasteiger partial charge < -0.3 is 5.32 Å². The molecule has 1 aromatic carbocycles. The number of rotatable bonds is 6. The molecule has 23 heavy (non-hydrogen) atoms. The highest BCUT2D eigenvalue weighted by Crippen LogP contribution is 2.15. The van der Waals surface area contributed by atoms with Crippen LogP contribution in [0.5, 0.6) is 0 Å². The zero-order chi connectivity index (χ0) is 16.2. The molecule has 0 spiro atoms. The van der Waals surface area contributed by atoms with E-state index in [0.717, 1.165) is 5.56 Å². The van der Waals surface area contributed by atoms with Crippen LogP contribution in [0.1, 0.15) is 25.5 Å². The van der Waals surface area contributed by atoms with E-state index in [1.165, 1.54) is 23.4 Å². The van der Waals surface area contributed by atoms with Crippen molar-refractivity contribution in [1.82, 2.24) is 29.9 Å². The van der Waals surface area contributed by atoms with Crippen molar-refractivity contribution >= 4 is 0 Å². The van der Waals surface area contributed by atoms with E-state index in [1.807, 2.05) is 23.0 Å². The molecule has 1 N–H and O–H groups in total. The summed E-state index contributed by atoms with van der Waals surface area (Å²) in [5.41, 5.74) is 1.27. The maximum Gasteiger partial charge on any atom is 0.149 e. The molecule has 0 fully saturated rings. The summed E-state index contributed by atoms with van der Waals surface area (Å²) in [5, 5.41) is 11.6. The highest BCUT2D eigenvalue weighted by atomic mass is 19.1. The summed E-state index contributed by atoms with van der Waals surface area (Å²) >= 11 is 0. The second kappa shape index (κ2) is 6.70. The minimum atomic E-state index is -0.317. The Kier molecular flexibility index (Phi) is 4.47. The first-order valence-electron chi connectivity index (χ1n) is 7.51. The topological polar surface area (TPSA) is 60.6 Å². The molecule has 7 heteroatoms. The molecule has 0 aliphatic carbocycles. The van der Waals surface area contributed by atoms with E-state index in [9.17, 15) is 4.39 Å². The maximum atomic E-state index is 14.2. The van der Waals surface area contributed by atoms with Crippen LogP contribution in [0.4, 0.5) is 4.39 Å². The summed E-state index contributed by atoms with van der Waals surface area (Å²) < 4.78 is 17.5. The van der Waals surface area contributed by atoms with Crippen LogP contribution in [-0.2, 0) is 6.54 Å². The second-order valence-corrected chi connectivity index (χ2v) is 5.52. The quantitative estimate of drug-likeness (QED) is 0.758. The maximum absolute atomic E-state index is 14.2. The lowest BCUT2D eigenvalue weighted by Crippen LogP contribution is -2.33. The Hall–Kier alpha value is -2.54. The third kappa shape index (κ3) is 3.45. The SMILES string of the molecule is C[C@H]([C@@H](C)NCc1ccc(-n2cncn2)c(F)c1)n1cccn1. The van der Waals surface area contributed by atoms with Gasteiger partial charge in [-0.2, -0.15) is 10.2 Å². The Morgan fingerprint density at radius 1 is 1.26 bits per heavy atom. The molecular formula is C16H19FN6. The number of benzene rings is 1. The van der Waals surface area contributed by atoms with E-state index in [-0.39, 0.29) is 17.9 Å². The molecule has 3 rings (SSSR count). The molecular weight excluding hydrogens is 295 g/mol. The molecule has 0 amide bonds. The Morgan fingerprint density at radius 2 is 2.13 bits per heavy atom. The van der Waals surface area contributed by atoms with Gasteiger partial charge in [0.1, 0.15) is 24.2 Å². The van der Waals surface area contributed by atoms with Gasteiger partial charge in [-0.25, -0.2) is 14.1 Å². The number of halogens is 1. The summed E-state index contributed by atoms with van der Waals surface area (Å²) in [4.78, 5) is 3.83. The highest BCUT2D eigenvalue weighted by Gasteiger charge is 2.14. The number of aromatic nitrogens is 5. The van der Waals surface area contributed by atoms with Gasteiger partial charge in [-0.05, 0) is 37.6 Å². The van der Waals surface area contributed by atoms with Gasteiger partial charge in [0.2, 0.25) is 0 Å². The fraction of sp³-hybridized carbons (Fsp3) is 0.312. The predicted molar refractivity (Wildman–Crippen MR) is 84.6 cm³/mol. The molecule has 2 heterocycles. The van der Waals surface area contributed by atoms with Crippen molar-refractivity contribution in [3.05, 3.63) is 60.7 Å². The molecule has 3 aromatic rings. The van der Waals surface area contributed by atoms with E-state index in [2.05, 4.69) is 34.3 Å². The van der Waals surface area contributed by atoms with Crippen LogP contribution in [0.15, 0.2) is 49.3 Å². The molecule has 0 radical (unpaired) electrons. The van der Waals surface area contributed by atoms with Crippen LogP contribution in [-0.4, -0.2) is 30.6 Å². The van der Waals surface area contributed by atoms with Crippen molar-refractivity contribution < 1.29 is 4.39 Å². The number of hydrogen-bond donors (Lipinski definition) is 1. The van der Waals surface area contributed by atoms with Crippen LogP contribution in [0.3, 0.4) is 0 Å². The van der Waals surface area contributed by atoms with E-state index in [1.54, 1.807) is 12.3 Å². The molecule has 6 nitrogen and oxygen atoms in total. The fourth-order valence-corrected chi connectivity index (χ4v) is 2.38. The lowest BCUT2D eigenvalue weighted by Gasteiger charge is -2.22. The molecule has 0 unspecified atom stereocenters. The van der Waals surface area contributed by atoms with Gasteiger partial charge >= 0.3 is 0 Å². The average Bonchev–Trinajstić information content (AvgIpc) is 3.25. The first kappa shape index (κ1) is 15.4. The minimum Gasteiger partial charge on any atom is -0.308 e. The van der Waals surface area contributed by atoms with Crippen molar-refractivity contribution in [2.24, 2.45) is 0 Å². The van der Waals surface area contributed by atoms with Crippen LogP contribution in [0.2, 0.25) is 0 Å². The van der Waals surface area contributed by atoms with Gasteiger partial charge in [-0.1, -0.05) is 6.07 Å². The second-order valence-electron chi connectivity index (χ2n) is 5.52. The third-order valence-corrected chi connectivity index (χ3v) is 3.97. The molecule has 2 atom stereocenters. The summed E-state index contributed by atoms with van der Waals surface area (Å²) in [5.74, 6) is -0.317. The van der Waals surface area contributed by atoms with Crippen molar-refractivity contribution in [1.29, 1.82) is 0 Å². The van der Waals surface area contributed by atoms with Crippen LogP contribution in [0, 0.1) is 5.82 Å². The monoisotopic (exact) mass is 314 g/mol. The zero-order valence-corrected chi connectivity index (χ0v) is 13.1.